The van der Waals surface area contributed by atoms with E-state index in [1.54, 1.807) is 0 Å². The van der Waals surface area contributed by atoms with Crippen molar-refractivity contribution in [3.05, 3.63) is 40.0 Å². The van der Waals surface area contributed by atoms with Gasteiger partial charge in [-0.05, 0) is 19.4 Å². The number of carboxylic acid groups (broad SMARTS) is 1. The maximum atomic E-state index is 10.8. The molecule has 0 amide bonds. The van der Waals surface area contributed by atoms with Gasteiger partial charge in [0.15, 0.2) is 5.76 Å². The minimum Gasteiger partial charge on any atom is -0.476 e. The van der Waals surface area contributed by atoms with Crippen molar-refractivity contribution < 1.29 is 14.4 Å². The minimum atomic E-state index is -1.20. The van der Waals surface area contributed by atoms with Crippen molar-refractivity contribution in [2.24, 2.45) is 0 Å². The van der Waals surface area contributed by atoms with Crippen LogP contribution in [0.1, 0.15) is 21.6 Å². The van der Waals surface area contributed by atoms with E-state index in [1.807, 2.05) is 32.0 Å². The molecule has 0 saturated carbocycles. The van der Waals surface area contributed by atoms with E-state index >= 15 is 0 Å². The molecule has 0 saturated heterocycles. The lowest BCUT2D eigenvalue weighted by Crippen LogP contribution is -1.96. The molecule has 1 N–H and O–H groups in total. The Labute approximate surface area is 103 Å². The molecule has 0 fully saturated rings. The van der Waals surface area contributed by atoms with Gasteiger partial charge in [0.05, 0.1) is 0 Å². The van der Waals surface area contributed by atoms with E-state index in [0.717, 1.165) is 16.7 Å². The van der Waals surface area contributed by atoms with Gasteiger partial charge >= 0.3 is 5.97 Å². The van der Waals surface area contributed by atoms with Crippen LogP contribution in [-0.4, -0.2) is 16.2 Å². The summed E-state index contributed by atoms with van der Waals surface area (Å²) in [6.07, 6.45) is 0. The summed E-state index contributed by atoms with van der Waals surface area (Å²) in [6.45, 7) is 3.88. The molecule has 1 heterocycles. The van der Waals surface area contributed by atoms with Gasteiger partial charge in [-0.1, -0.05) is 40.5 Å². The quantitative estimate of drug-likeness (QED) is 0.889. The van der Waals surface area contributed by atoms with Gasteiger partial charge in [0.1, 0.15) is 5.02 Å². The topological polar surface area (TPSA) is 63.3 Å². The molecule has 0 aliphatic carbocycles. The summed E-state index contributed by atoms with van der Waals surface area (Å²) in [7, 11) is 0. The Hall–Kier alpha value is -1.81. The molecule has 1 aromatic carbocycles. The standard InChI is InChI=1S/C12H10ClNO3/c1-6-3-4-8(7(2)5-6)11-9(13)10(12(15)16)14-17-11/h3-5H,1-2H3,(H,15,16). The number of aryl methyl sites for hydroxylation is 2. The van der Waals surface area contributed by atoms with E-state index in [1.165, 1.54) is 0 Å². The number of nitrogens with zero attached hydrogens (tertiary/aromatic N) is 1. The normalized spacial score (nSPS) is 10.5. The van der Waals surface area contributed by atoms with E-state index in [-0.39, 0.29) is 10.7 Å². The highest BCUT2D eigenvalue weighted by Crippen LogP contribution is 2.33. The molecular weight excluding hydrogens is 242 g/mol. The van der Waals surface area contributed by atoms with Crippen molar-refractivity contribution in [1.82, 2.24) is 5.16 Å². The second kappa shape index (κ2) is 4.22. The molecule has 0 atom stereocenters. The van der Waals surface area contributed by atoms with Gasteiger partial charge in [-0.3, -0.25) is 0 Å². The van der Waals surface area contributed by atoms with Crippen LogP contribution in [0.2, 0.25) is 5.02 Å². The van der Waals surface area contributed by atoms with E-state index < -0.39 is 5.97 Å². The lowest BCUT2D eigenvalue weighted by molar-refractivity contribution is 0.0686. The Morgan fingerprint density at radius 3 is 2.65 bits per heavy atom. The molecule has 4 nitrogen and oxygen atoms in total. The average Bonchev–Trinajstić information content (AvgIpc) is 2.60. The van der Waals surface area contributed by atoms with Gasteiger partial charge in [-0.15, -0.1) is 0 Å². The summed E-state index contributed by atoms with van der Waals surface area (Å²) in [4.78, 5) is 10.8. The van der Waals surface area contributed by atoms with Gasteiger partial charge in [0.2, 0.25) is 5.69 Å². The number of aromatic carboxylic acids is 1. The molecule has 0 radical (unpaired) electrons. The van der Waals surface area contributed by atoms with Gasteiger partial charge in [0.25, 0.3) is 0 Å². The largest absolute Gasteiger partial charge is 0.476 e. The molecule has 88 valence electrons. The van der Waals surface area contributed by atoms with Gasteiger partial charge < -0.3 is 9.63 Å². The van der Waals surface area contributed by atoms with E-state index in [2.05, 4.69) is 5.16 Å². The van der Waals surface area contributed by atoms with Gasteiger partial charge in [0, 0.05) is 5.56 Å². The first-order valence-corrected chi connectivity index (χ1v) is 5.34. The number of carbonyl (C=O) groups is 1. The second-order valence-corrected chi connectivity index (χ2v) is 4.18. The molecule has 0 spiro atoms. The van der Waals surface area contributed by atoms with Crippen LogP contribution >= 0.6 is 11.6 Å². The first-order valence-electron chi connectivity index (χ1n) is 4.97. The predicted octanol–water partition coefficient (Wildman–Crippen LogP) is 3.31. The third kappa shape index (κ3) is 2.03. The number of hydrogen-bond acceptors (Lipinski definition) is 3. The molecule has 1 aromatic heterocycles. The van der Waals surface area contributed by atoms with Crippen molar-refractivity contribution in [2.75, 3.05) is 0 Å². The van der Waals surface area contributed by atoms with Crippen molar-refractivity contribution >= 4 is 17.6 Å². The average molecular weight is 252 g/mol. The van der Waals surface area contributed by atoms with Crippen molar-refractivity contribution in [2.45, 2.75) is 13.8 Å². The van der Waals surface area contributed by atoms with Crippen LogP contribution in [0.15, 0.2) is 22.7 Å². The van der Waals surface area contributed by atoms with Crippen LogP contribution in [0.4, 0.5) is 0 Å². The fraction of sp³-hybridized carbons (Fsp3) is 0.167. The number of carboxylic acids is 1. The Balaban J connectivity index is 2.57. The lowest BCUT2D eigenvalue weighted by atomic mass is 10.0. The van der Waals surface area contributed by atoms with Crippen LogP contribution in [0.5, 0.6) is 0 Å². The Morgan fingerprint density at radius 1 is 1.41 bits per heavy atom. The molecular formula is C12H10ClNO3. The minimum absolute atomic E-state index is 0.0319. The number of rotatable bonds is 2. The summed E-state index contributed by atoms with van der Waals surface area (Å²) in [5, 5.41) is 12.3. The number of halogens is 1. The molecule has 0 bridgehead atoms. The SMILES string of the molecule is Cc1ccc(-c2onc(C(=O)O)c2Cl)c(C)c1. The molecule has 0 aliphatic rings. The monoisotopic (exact) mass is 251 g/mol. The molecule has 2 rings (SSSR count). The molecule has 0 unspecified atom stereocenters. The first-order chi connectivity index (χ1) is 8.00. The molecule has 0 aliphatic heterocycles. The van der Waals surface area contributed by atoms with Crippen LogP contribution in [0.3, 0.4) is 0 Å². The Kier molecular flexibility index (Phi) is 2.90. The van der Waals surface area contributed by atoms with Gasteiger partial charge in [-0.2, -0.15) is 0 Å². The van der Waals surface area contributed by atoms with Crippen LogP contribution in [0, 0.1) is 13.8 Å². The summed E-state index contributed by atoms with van der Waals surface area (Å²) >= 11 is 5.93. The van der Waals surface area contributed by atoms with Crippen LogP contribution in [0.25, 0.3) is 11.3 Å². The van der Waals surface area contributed by atoms with E-state index in [0.29, 0.717) is 5.76 Å². The van der Waals surface area contributed by atoms with Crippen molar-refractivity contribution in [3.63, 3.8) is 0 Å². The smallest absolute Gasteiger partial charge is 0.359 e. The summed E-state index contributed by atoms with van der Waals surface area (Å²) < 4.78 is 5.00. The van der Waals surface area contributed by atoms with E-state index in [9.17, 15) is 4.79 Å². The highest BCUT2D eigenvalue weighted by atomic mass is 35.5. The Bertz CT molecular complexity index is 589. The number of hydrogen-bond donors (Lipinski definition) is 1. The fourth-order valence-electron chi connectivity index (χ4n) is 1.65. The second-order valence-electron chi connectivity index (χ2n) is 3.80. The third-order valence-corrected chi connectivity index (χ3v) is 2.82. The Morgan fingerprint density at radius 2 is 2.12 bits per heavy atom. The van der Waals surface area contributed by atoms with Crippen molar-refractivity contribution in [3.8, 4) is 11.3 Å². The van der Waals surface area contributed by atoms with E-state index in [4.69, 9.17) is 21.2 Å². The van der Waals surface area contributed by atoms with Crippen LogP contribution in [-0.2, 0) is 0 Å². The predicted molar refractivity (Wildman–Crippen MR) is 63.4 cm³/mol. The summed E-state index contributed by atoms with van der Waals surface area (Å²) in [6, 6.07) is 5.71. The molecule has 2 aromatic rings. The fourth-order valence-corrected chi connectivity index (χ4v) is 1.90. The maximum Gasteiger partial charge on any atom is 0.359 e. The number of benzene rings is 1. The van der Waals surface area contributed by atoms with Crippen molar-refractivity contribution in [1.29, 1.82) is 0 Å². The summed E-state index contributed by atoms with van der Waals surface area (Å²) in [5.74, 6) is -0.906. The van der Waals surface area contributed by atoms with Crippen LogP contribution < -0.4 is 0 Å². The molecule has 17 heavy (non-hydrogen) atoms. The third-order valence-electron chi connectivity index (χ3n) is 2.46. The highest BCUT2D eigenvalue weighted by molar-refractivity contribution is 6.35. The summed E-state index contributed by atoms with van der Waals surface area (Å²) in [5.41, 5.74) is 2.56. The zero-order chi connectivity index (χ0) is 12.6. The maximum absolute atomic E-state index is 10.8. The lowest BCUT2D eigenvalue weighted by Gasteiger charge is -2.03. The molecule has 5 heteroatoms. The number of aromatic nitrogens is 1. The first kappa shape index (κ1) is 11.7. The zero-order valence-electron chi connectivity index (χ0n) is 9.32. The van der Waals surface area contributed by atoms with Gasteiger partial charge in [-0.25, -0.2) is 4.79 Å². The zero-order valence-corrected chi connectivity index (χ0v) is 10.1. The highest BCUT2D eigenvalue weighted by Gasteiger charge is 2.21.